The van der Waals surface area contributed by atoms with E-state index in [2.05, 4.69) is 5.32 Å². The Kier molecular flexibility index (Phi) is 2.64. The Balaban J connectivity index is 2.01. The number of rotatable bonds is 2. The first-order valence-corrected chi connectivity index (χ1v) is 5.96. The third-order valence-electron chi connectivity index (χ3n) is 4.03. The summed E-state index contributed by atoms with van der Waals surface area (Å²) >= 11 is 0. The van der Waals surface area contributed by atoms with Crippen molar-refractivity contribution in [3.05, 3.63) is 35.4 Å². The molecule has 0 radical (unpaired) electrons. The monoisotopic (exact) mass is 239 g/mol. The summed E-state index contributed by atoms with van der Waals surface area (Å²) in [5, 5.41) is 3.28. The van der Waals surface area contributed by atoms with Crippen LogP contribution in [0.2, 0.25) is 0 Å². The Labute approximate surface area is 99.0 Å². The molecule has 2 nitrogen and oxygen atoms in total. The van der Waals surface area contributed by atoms with Crippen LogP contribution in [0.1, 0.15) is 12.0 Å². The van der Waals surface area contributed by atoms with Crippen LogP contribution in [0, 0.1) is 17.6 Å². The molecule has 1 aromatic rings. The lowest BCUT2D eigenvalue weighted by atomic mass is 9.68. The van der Waals surface area contributed by atoms with Crippen LogP contribution >= 0.6 is 0 Å². The maximum Gasteiger partial charge on any atom is 0.127 e. The minimum Gasteiger partial charge on any atom is -0.379 e. The van der Waals surface area contributed by atoms with Crippen LogP contribution in [0.15, 0.2) is 18.2 Å². The predicted octanol–water partition coefficient (Wildman–Crippen LogP) is 1.84. The van der Waals surface area contributed by atoms with E-state index in [0.29, 0.717) is 24.7 Å². The molecule has 92 valence electrons. The van der Waals surface area contributed by atoms with Crippen molar-refractivity contribution in [1.29, 1.82) is 0 Å². The number of benzene rings is 1. The Bertz CT molecular complexity index is 425. The molecule has 2 aliphatic heterocycles. The van der Waals surface area contributed by atoms with E-state index in [1.54, 1.807) is 0 Å². The Morgan fingerprint density at radius 3 is 2.71 bits per heavy atom. The molecular formula is C13H15F2NO. The molecule has 4 heteroatoms. The van der Waals surface area contributed by atoms with Crippen LogP contribution < -0.4 is 5.32 Å². The second-order valence-corrected chi connectivity index (χ2v) is 4.96. The first kappa shape index (κ1) is 11.1. The van der Waals surface area contributed by atoms with E-state index in [4.69, 9.17) is 4.74 Å². The van der Waals surface area contributed by atoms with Gasteiger partial charge in [-0.05, 0) is 43.6 Å². The standard InChI is InChI=1S/C13H15F2NO/c14-10-1-2-12(15)11(5-10)13(7-17-8-13)9-3-4-16-6-9/h1-2,5,9,16H,3-4,6-8H2. The van der Waals surface area contributed by atoms with Crippen molar-refractivity contribution in [3.8, 4) is 0 Å². The van der Waals surface area contributed by atoms with E-state index in [1.807, 2.05) is 0 Å². The lowest BCUT2D eigenvalue weighted by Gasteiger charge is -2.46. The first-order valence-electron chi connectivity index (χ1n) is 5.96. The smallest absolute Gasteiger partial charge is 0.127 e. The normalized spacial score (nSPS) is 26.8. The highest BCUT2D eigenvalue weighted by Gasteiger charge is 2.49. The molecule has 2 saturated heterocycles. The molecule has 2 aliphatic rings. The zero-order valence-electron chi connectivity index (χ0n) is 9.51. The molecule has 0 aromatic heterocycles. The van der Waals surface area contributed by atoms with Crippen molar-refractivity contribution < 1.29 is 13.5 Å². The van der Waals surface area contributed by atoms with Crippen LogP contribution in [0.5, 0.6) is 0 Å². The van der Waals surface area contributed by atoms with Crippen LogP contribution in [-0.2, 0) is 10.2 Å². The van der Waals surface area contributed by atoms with E-state index < -0.39 is 0 Å². The fourth-order valence-electron chi connectivity index (χ4n) is 2.94. The fourth-order valence-corrected chi connectivity index (χ4v) is 2.94. The lowest BCUT2D eigenvalue weighted by Crippen LogP contribution is -2.53. The minimum absolute atomic E-state index is 0.318. The van der Waals surface area contributed by atoms with Crippen molar-refractivity contribution in [2.75, 3.05) is 26.3 Å². The quantitative estimate of drug-likeness (QED) is 0.850. The number of nitrogens with one attached hydrogen (secondary N) is 1. The molecule has 17 heavy (non-hydrogen) atoms. The van der Waals surface area contributed by atoms with Crippen LogP contribution in [-0.4, -0.2) is 26.3 Å². The third-order valence-corrected chi connectivity index (χ3v) is 4.03. The van der Waals surface area contributed by atoms with Crippen molar-refractivity contribution >= 4 is 0 Å². The summed E-state index contributed by atoms with van der Waals surface area (Å²) in [6.45, 7) is 2.81. The summed E-state index contributed by atoms with van der Waals surface area (Å²) in [6.07, 6.45) is 0.999. The molecular weight excluding hydrogens is 224 g/mol. The number of hydrogen-bond acceptors (Lipinski definition) is 2. The second kappa shape index (κ2) is 4.03. The third kappa shape index (κ3) is 1.67. The summed E-state index contributed by atoms with van der Waals surface area (Å²) < 4.78 is 32.5. The van der Waals surface area contributed by atoms with Gasteiger partial charge >= 0.3 is 0 Å². The molecule has 3 rings (SSSR count). The van der Waals surface area contributed by atoms with Crippen LogP contribution in [0.3, 0.4) is 0 Å². The summed E-state index contributed by atoms with van der Waals surface area (Å²) in [6, 6.07) is 3.71. The summed E-state index contributed by atoms with van der Waals surface area (Å²) in [5.74, 6) is -0.354. The maximum absolute atomic E-state index is 13.9. The summed E-state index contributed by atoms with van der Waals surface area (Å²) in [5.41, 5.74) is 0.160. The topological polar surface area (TPSA) is 21.3 Å². The van der Waals surface area contributed by atoms with Gasteiger partial charge in [0.1, 0.15) is 11.6 Å². The van der Waals surface area contributed by atoms with Gasteiger partial charge in [-0.25, -0.2) is 8.78 Å². The molecule has 1 unspecified atom stereocenters. The van der Waals surface area contributed by atoms with Crippen molar-refractivity contribution in [2.45, 2.75) is 11.8 Å². The Hall–Kier alpha value is -1.00. The highest BCUT2D eigenvalue weighted by Crippen LogP contribution is 2.43. The minimum atomic E-state index is -0.376. The van der Waals surface area contributed by atoms with Crippen LogP contribution in [0.25, 0.3) is 0 Å². The van der Waals surface area contributed by atoms with E-state index in [-0.39, 0.29) is 17.0 Å². The van der Waals surface area contributed by atoms with Gasteiger partial charge in [-0.2, -0.15) is 0 Å². The molecule has 1 atom stereocenters. The first-order chi connectivity index (χ1) is 8.22. The lowest BCUT2D eigenvalue weighted by molar-refractivity contribution is -0.0886. The largest absolute Gasteiger partial charge is 0.379 e. The van der Waals surface area contributed by atoms with Gasteiger partial charge in [-0.1, -0.05) is 0 Å². The summed E-state index contributed by atoms with van der Waals surface area (Å²) in [7, 11) is 0. The average molecular weight is 239 g/mol. The SMILES string of the molecule is Fc1ccc(F)c(C2(C3CCNC3)COC2)c1. The van der Waals surface area contributed by atoms with E-state index in [0.717, 1.165) is 19.5 Å². The molecule has 2 fully saturated rings. The molecule has 0 spiro atoms. The predicted molar refractivity (Wildman–Crippen MR) is 59.8 cm³/mol. The average Bonchev–Trinajstić information content (AvgIpc) is 2.75. The van der Waals surface area contributed by atoms with Gasteiger partial charge in [0, 0.05) is 11.0 Å². The number of ether oxygens (including phenoxy) is 1. The Morgan fingerprint density at radius 1 is 1.29 bits per heavy atom. The fraction of sp³-hybridized carbons (Fsp3) is 0.538. The zero-order valence-corrected chi connectivity index (χ0v) is 9.51. The van der Waals surface area contributed by atoms with E-state index in [9.17, 15) is 8.78 Å². The molecule has 0 saturated carbocycles. The highest BCUT2D eigenvalue weighted by atomic mass is 19.1. The number of hydrogen-bond donors (Lipinski definition) is 1. The van der Waals surface area contributed by atoms with Crippen molar-refractivity contribution in [1.82, 2.24) is 5.32 Å². The Morgan fingerprint density at radius 2 is 2.12 bits per heavy atom. The second-order valence-electron chi connectivity index (χ2n) is 4.96. The molecule has 1 N–H and O–H groups in total. The van der Waals surface area contributed by atoms with Crippen molar-refractivity contribution in [3.63, 3.8) is 0 Å². The van der Waals surface area contributed by atoms with Gasteiger partial charge in [0.15, 0.2) is 0 Å². The van der Waals surface area contributed by atoms with Gasteiger partial charge in [-0.15, -0.1) is 0 Å². The summed E-state index contributed by atoms with van der Waals surface area (Å²) in [4.78, 5) is 0. The number of halogens is 2. The van der Waals surface area contributed by atoms with Gasteiger partial charge in [-0.3, -0.25) is 0 Å². The molecule has 0 amide bonds. The highest BCUT2D eigenvalue weighted by molar-refractivity contribution is 5.32. The van der Waals surface area contributed by atoms with Crippen molar-refractivity contribution in [2.24, 2.45) is 5.92 Å². The van der Waals surface area contributed by atoms with Gasteiger partial charge < -0.3 is 10.1 Å². The maximum atomic E-state index is 13.9. The molecule has 0 bridgehead atoms. The zero-order chi connectivity index (χ0) is 11.9. The van der Waals surface area contributed by atoms with E-state index >= 15 is 0 Å². The van der Waals surface area contributed by atoms with E-state index in [1.165, 1.54) is 18.2 Å². The van der Waals surface area contributed by atoms with Gasteiger partial charge in [0.25, 0.3) is 0 Å². The molecule has 2 heterocycles. The molecule has 1 aromatic carbocycles. The van der Waals surface area contributed by atoms with Gasteiger partial charge in [0.05, 0.1) is 13.2 Å². The van der Waals surface area contributed by atoms with Crippen LogP contribution in [0.4, 0.5) is 8.78 Å². The van der Waals surface area contributed by atoms with Gasteiger partial charge in [0.2, 0.25) is 0 Å². The molecule has 0 aliphatic carbocycles.